The van der Waals surface area contributed by atoms with Gasteiger partial charge in [-0.25, -0.2) is 4.79 Å². The van der Waals surface area contributed by atoms with Gasteiger partial charge in [0.2, 0.25) is 0 Å². The molecule has 1 atom stereocenters. The Bertz CT molecular complexity index is 336. The Morgan fingerprint density at radius 2 is 2.00 bits per heavy atom. The van der Waals surface area contributed by atoms with Crippen LogP contribution in [0.15, 0.2) is 5.11 Å². The molecule has 1 aliphatic rings. The fourth-order valence-electron chi connectivity index (χ4n) is 2.07. The van der Waals surface area contributed by atoms with Crippen molar-refractivity contribution >= 4 is 6.09 Å². The minimum Gasteiger partial charge on any atom is -0.444 e. The molecule has 0 aromatic rings. The number of hydrogen-bond acceptors (Lipinski definition) is 3. The van der Waals surface area contributed by atoms with Gasteiger partial charge in [-0.3, -0.25) is 0 Å². The number of carbonyl (C=O) groups excluding carboxylic acids is 1. The summed E-state index contributed by atoms with van der Waals surface area (Å²) in [6.45, 7) is 8.85. The number of hydrogen-bond donors (Lipinski definition) is 0. The van der Waals surface area contributed by atoms with Gasteiger partial charge in [0, 0.05) is 24.0 Å². The molecule has 0 radical (unpaired) electrons. The van der Waals surface area contributed by atoms with E-state index in [1.165, 1.54) is 0 Å². The van der Waals surface area contributed by atoms with E-state index in [1.54, 1.807) is 4.90 Å². The van der Waals surface area contributed by atoms with Crippen LogP contribution in [0.3, 0.4) is 0 Å². The summed E-state index contributed by atoms with van der Waals surface area (Å²) in [5, 5.41) is 3.72. The standard InChI is InChI=1S/C12H22N4O2/c1-9(14-15-13)10-5-7-16(8-6-10)11(17)18-12(2,3)4/h9-10H,5-8H2,1-4H3/t9-/m0/s1. The number of carbonyl (C=O) groups is 1. The van der Waals surface area contributed by atoms with Crippen molar-refractivity contribution in [3.05, 3.63) is 10.4 Å². The van der Waals surface area contributed by atoms with Crippen LogP contribution in [0.25, 0.3) is 10.4 Å². The van der Waals surface area contributed by atoms with E-state index < -0.39 is 5.60 Å². The van der Waals surface area contributed by atoms with Crippen molar-refractivity contribution in [2.24, 2.45) is 11.0 Å². The van der Waals surface area contributed by atoms with Crippen molar-refractivity contribution in [3.63, 3.8) is 0 Å². The third-order valence-corrected chi connectivity index (χ3v) is 3.11. The number of azide groups is 1. The molecule has 0 aliphatic carbocycles. The fraction of sp³-hybridized carbons (Fsp3) is 0.917. The van der Waals surface area contributed by atoms with Gasteiger partial charge in [0.05, 0.1) is 0 Å². The second-order valence-corrected chi connectivity index (χ2v) is 5.75. The van der Waals surface area contributed by atoms with Crippen molar-refractivity contribution in [1.29, 1.82) is 0 Å². The first kappa shape index (κ1) is 14.6. The average Bonchev–Trinajstić information content (AvgIpc) is 2.27. The Morgan fingerprint density at radius 1 is 1.44 bits per heavy atom. The van der Waals surface area contributed by atoms with E-state index in [0.717, 1.165) is 12.8 Å². The zero-order valence-corrected chi connectivity index (χ0v) is 11.6. The van der Waals surface area contributed by atoms with Gasteiger partial charge in [-0.2, -0.15) is 0 Å². The molecule has 1 fully saturated rings. The van der Waals surface area contributed by atoms with Gasteiger partial charge in [-0.05, 0) is 45.1 Å². The average molecular weight is 254 g/mol. The predicted octanol–water partition coefficient (Wildman–Crippen LogP) is 3.33. The molecule has 6 nitrogen and oxygen atoms in total. The molecule has 0 spiro atoms. The van der Waals surface area contributed by atoms with Crippen molar-refractivity contribution in [2.75, 3.05) is 13.1 Å². The SMILES string of the molecule is C[C@H](N=[N+]=[N-])C1CCN(C(=O)OC(C)(C)C)CC1. The van der Waals surface area contributed by atoms with Crippen molar-refractivity contribution in [3.8, 4) is 0 Å². The molecular formula is C12H22N4O2. The molecule has 0 unspecified atom stereocenters. The molecule has 6 heteroatoms. The van der Waals surface area contributed by atoms with Crippen LogP contribution in [-0.2, 0) is 4.74 Å². The zero-order chi connectivity index (χ0) is 13.8. The lowest BCUT2D eigenvalue weighted by molar-refractivity contribution is 0.0177. The van der Waals surface area contributed by atoms with Crippen LogP contribution < -0.4 is 0 Å². The molecule has 102 valence electrons. The third-order valence-electron chi connectivity index (χ3n) is 3.11. The molecule has 1 rings (SSSR count). The third kappa shape index (κ3) is 4.45. The Labute approximate surface area is 108 Å². The first-order chi connectivity index (χ1) is 8.33. The van der Waals surface area contributed by atoms with E-state index >= 15 is 0 Å². The Kier molecular flexibility index (Phi) is 4.84. The molecule has 1 aliphatic heterocycles. The van der Waals surface area contributed by atoms with Crippen molar-refractivity contribution in [1.82, 2.24) is 4.90 Å². The quantitative estimate of drug-likeness (QED) is 0.430. The van der Waals surface area contributed by atoms with Crippen molar-refractivity contribution < 1.29 is 9.53 Å². The normalized spacial score (nSPS) is 19.0. The minimum absolute atomic E-state index is 0.00390. The molecule has 1 amide bonds. The second-order valence-electron chi connectivity index (χ2n) is 5.75. The van der Waals surface area contributed by atoms with Crippen molar-refractivity contribution in [2.45, 2.75) is 52.2 Å². The maximum Gasteiger partial charge on any atom is 0.410 e. The number of nitrogens with zero attached hydrogens (tertiary/aromatic N) is 4. The fourth-order valence-corrected chi connectivity index (χ4v) is 2.07. The molecule has 1 saturated heterocycles. The van der Waals surface area contributed by atoms with Crippen LogP contribution in [0.2, 0.25) is 0 Å². The van der Waals surface area contributed by atoms with Gasteiger partial charge in [0.25, 0.3) is 0 Å². The molecule has 0 saturated carbocycles. The zero-order valence-electron chi connectivity index (χ0n) is 11.6. The lowest BCUT2D eigenvalue weighted by atomic mass is 9.91. The van der Waals surface area contributed by atoms with E-state index in [1.807, 2.05) is 27.7 Å². The van der Waals surface area contributed by atoms with Gasteiger partial charge < -0.3 is 9.64 Å². The summed E-state index contributed by atoms with van der Waals surface area (Å²) >= 11 is 0. The molecule has 1 heterocycles. The van der Waals surface area contributed by atoms with E-state index in [-0.39, 0.29) is 12.1 Å². The minimum atomic E-state index is -0.452. The summed E-state index contributed by atoms with van der Waals surface area (Å²) in [4.78, 5) is 16.4. The highest BCUT2D eigenvalue weighted by Crippen LogP contribution is 2.23. The Balaban J connectivity index is 2.44. The number of likely N-dealkylation sites (tertiary alicyclic amines) is 1. The van der Waals surface area contributed by atoms with Gasteiger partial charge in [-0.15, -0.1) is 0 Å². The summed E-state index contributed by atoms with van der Waals surface area (Å²) in [6.07, 6.45) is 1.47. The Morgan fingerprint density at radius 3 is 2.44 bits per heavy atom. The molecule has 0 aromatic heterocycles. The lowest BCUT2D eigenvalue weighted by Gasteiger charge is -2.34. The van der Waals surface area contributed by atoms with E-state index in [2.05, 4.69) is 10.0 Å². The number of ether oxygens (including phenoxy) is 1. The number of rotatable bonds is 2. The Hall–Kier alpha value is -1.42. The van der Waals surface area contributed by atoms with Gasteiger partial charge in [0.1, 0.15) is 5.60 Å². The molecule has 18 heavy (non-hydrogen) atoms. The summed E-state index contributed by atoms with van der Waals surface area (Å²) in [7, 11) is 0. The highest BCUT2D eigenvalue weighted by Gasteiger charge is 2.28. The van der Waals surface area contributed by atoms with Gasteiger partial charge >= 0.3 is 6.09 Å². The van der Waals surface area contributed by atoms with Crippen LogP contribution >= 0.6 is 0 Å². The van der Waals surface area contributed by atoms with Crippen LogP contribution in [0, 0.1) is 5.92 Å². The summed E-state index contributed by atoms with van der Waals surface area (Å²) in [5.41, 5.74) is 7.96. The largest absolute Gasteiger partial charge is 0.444 e. The maximum atomic E-state index is 11.8. The van der Waals surface area contributed by atoms with Crippen LogP contribution in [0.1, 0.15) is 40.5 Å². The van der Waals surface area contributed by atoms with Crippen LogP contribution in [0.4, 0.5) is 4.79 Å². The molecular weight excluding hydrogens is 232 g/mol. The van der Waals surface area contributed by atoms with E-state index in [4.69, 9.17) is 10.3 Å². The first-order valence-corrected chi connectivity index (χ1v) is 6.35. The topological polar surface area (TPSA) is 78.3 Å². The monoisotopic (exact) mass is 254 g/mol. The molecule has 0 aromatic carbocycles. The number of amides is 1. The van der Waals surface area contributed by atoms with Gasteiger partial charge in [-0.1, -0.05) is 12.0 Å². The second kappa shape index (κ2) is 5.96. The van der Waals surface area contributed by atoms with Crippen LogP contribution in [0.5, 0.6) is 0 Å². The first-order valence-electron chi connectivity index (χ1n) is 6.35. The summed E-state index contributed by atoms with van der Waals surface area (Å²) < 4.78 is 5.33. The maximum absolute atomic E-state index is 11.8. The van der Waals surface area contributed by atoms with Crippen LogP contribution in [-0.4, -0.2) is 35.7 Å². The highest BCUT2D eigenvalue weighted by molar-refractivity contribution is 5.68. The summed E-state index contributed by atoms with van der Waals surface area (Å²) in [6, 6.07) is -0.00390. The lowest BCUT2D eigenvalue weighted by Crippen LogP contribution is -2.43. The highest BCUT2D eigenvalue weighted by atomic mass is 16.6. The van der Waals surface area contributed by atoms with E-state index in [9.17, 15) is 4.79 Å². The molecule has 0 bridgehead atoms. The van der Waals surface area contributed by atoms with Gasteiger partial charge in [0.15, 0.2) is 0 Å². The van der Waals surface area contributed by atoms with E-state index in [0.29, 0.717) is 19.0 Å². The number of piperidine rings is 1. The smallest absolute Gasteiger partial charge is 0.410 e. The predicted molar refractivity (Wildman–Crippen MR) is 69.1 cm³/mol. The summed E-state index contributed by atoms with van der Waals surface area (Å²) in [5.74, 6) is 0.361. The molecule has 0 N–H and O–H groups in total.